The predicted octanol–water partition coefficient (Wildman–Crippen LogP) is 5.11. The van der Waals surface area contributed by atoms with Gasteiger partial charge in [-0.15, -0.1) is 22.7 Å². The Labute approximate surface area is 258 Å². The molecule has 2 aromatic heterocycles. The number of Topliss-reactive ketones (excluding diaryl/α,β-unsaturated/α-hetero) is 1. The highest BCUT2D eigenvalue weighted by molar-refractivity contribution is 7.21. The van der Waals surface area contributed by atoms with Crippen molar-refractivity contribution < 1.29 is 52.7 Å². The Morgan fingerprint density at radius 1 is 0.864 bits per heavy atom. The number of aliphatic carboxylic acids is 2. The third kappa shape index (κ3) is 7.52. The molecule has 0 atom stereocenters. The van der Waals surface area contributed by atoms with Gasteiger partial charge < -0.3 is 34.1 Å². The molecule has 0 bridgehead atoms. The number of hydrogen-bond acceptors (Lipinski definition) is 11. The summed E-state index contributed by atoms with van der Waals surface area (Å²) in [6.07, 6.45) is -0.398. The summed E-state index contributed by atoms with van der Waals surface area (Å²) in [5.74, 6) is -2.84. The summed E-state index contributed by atoms with van der Waals surface area (Å²) >= 11 is 2.21. The molecule has 0 spiro atoms. The molecule has 2 N–H and O–H groups in total. The number of carboxylic acids is 2. The highest BCUT2D eigenvalue weighted by Gasteiger charge is 2.22. The molecule has 0 radical (unpaired) electrons. The van der Waals surface area contributed by atoms with Crippen LogP contribution in [0.2, 0.25) is 0 Å². The number of fused-ring (bicyclic) bond motifs is 2. The van der Waals surface area contributed by atoms with Gasteiger partial charge in [0.25, 0.3) is 5.91 Å². The Morgan fingerprint density at radius 3 is 2.23 bits per heavy atom. The van der Waals surface area contributed by atoms with Crippen LogP contribution in [0, 0.1) is 5.82 Å². The van der Waals surface area contributed by atoms with Crippen molar-refractivity contribution in [1.82, 2.24) is 9.88 Å². The van der Waals surface area contributed by atoms with Crippen molar-refractivity contribution in [2.45, 2.75) is 25.7 Å². The van der Waals surface area contributed by atoms with Crippen molar-refractivity contribution in [2.24, 2.45) is 0 Å². The number of ketones is 1. The Bertz CT molecular complexity index is 1720. The number of thiophene rings is 1. The van der Waals surface area contributed by atoms with Gasteiger partial charge in [0, 0.05) is 43.3 Å². The van der Waals surface area contributed by atoms with Crippen LogP contribution in [0.25, 0.3) is 20.3 Å². The number of benzene rings is 2. The van der Waals surface area contributed by atoms with Gasteiger partial charge in [-0.2, -0.15) is 0 Å². The number of halogens is 1. The second-order valence-electron chi connectivity index (χ2n) is 9.48. The van der Waals surface area contributed by atoms with E-state index in [1.165, 1.54) is 36.5 Å². The number of ether oxygens (including phenoxy) is 4. The molecule has 0 aliphatic rings. The van der Waals surface area contributed by atoms with Crippen molar-refractivity contribution in [3.05, 3.63) is 40.0 Å². The molecule has 0 fully saturated rings. The zero-order chi connectivity index (χ0) is 32.0. The zero-order valence-corrected chi connectivity index (χ0v) is 25.6. The van der Waals surface area contributed by atoms with Crippen LogP contribution in [-0.2, 0) is 9.59 Å². The lowest BCUT2D eigenvalue weighted by Gasteiger charge is -2.14. The molecule has 2 heterocycles. The van der Waals surface area contributed by atoms with E-state index in [1.54, 1.807) is 25.2 Å². The lowest BCUT2D eigenvalue weighted by Crippen LogP contribution is -2.28. The van der Waals surface area contributed by atoms with Crippen LogP contribution in [0.5, 0.6) is 23.0 Å². The quantitative estimate of drug-likeness (QED) is 0.123. The molecule has 0 saturated carbocycles. The van der Waals surface area contributed by atoms with Crippen molar-refractivity contribution in [3.8, 4) is 23.0 Å². The second kappa shape index (κ2) is 14.3. The topological polar surface area (TPSA) is 162 Å². The summed E-state index contributed by atoms with van der Waals surface area (Å²) in [6.45, 7) is 0.323. The predicted molar refractivity (Wildman–Crippen MR) is 161 cm³/mol. The summed E-state index contributed by atoms with van der Waals surface area (Å²) in [4.78, 5) is 52.5. The summed E-state index contributed by atoms with van der Waals surface area (Å²) in [7, 11) is 4.40. The number of carboxylic acid groups (broad SMARTS) is 2. The summed E-state index contributed by atoms with van der Waals surface area (Å²) in [5.41, 5.74) is -0.0690. The minimum absolute atomic E-state index is 0.00554. The third-order valence-electron chi connectivity index (χ3n) is 6.38. The fraction of sp³-hybridized carbons (Fsp3) is 0.345. The number of aromatic nitrogens is 1. The summed E-state index contributed by atoms with van der Waals surface area (Å²) in [5, 5.41) is 18.4. The smallest absolute Gasteiger partial charge is 0.305 e. The van der Waals surface area contributed by atoms with Gasteiger partial charge in [-0.3, -0.25) is 19.2 Å². The first kappa shape index (κ1) is 32.4. The zero-order valence-electron chi connectivity index (χ0n) is 24.0. The molecule has 0 aliphatic carbocycles. The van der Waals surface area contributed by atoms with Crippen molar-refractivity contribution in [2.75, 3.05) is 41.0 Å². The highest BCUT2D eigenvalue weighted by Crippen LogP contribution is 2.39. The number of methoxy groups -OCH3 is 2. The van der Waals surface area contributed by atoms with Crippen LogP contribution in [-0.4, -0.2) is 84.8 Å². The Kier molecular flexibility index (Phi) is 10.5. The molecule has 234 valence electrons. The molecule has 4 aromatic rings. The van der Waals surface area contributed by atoms with Gasteiger partial charge >= 0.3 is 11.9 Å². The van der Waals surface area contributed by atoms with E-state index in [0.717, 1.165) is 21.4 Å². The van der Waals surface area contributed by atoms with Crippen molar-refractivity contribution >= 4 is 66.6 Å². The van der Waals surface area contributed by atoms with E-state index in [2.05, 4.69) is 4.98 Å². The molecule has 0 unspecified atom stereocenters. The van der Waals surface area contributed by atoms with E-state index >= 15 is 4.39 Å². The van der Waals surface area contributed by atoms with Crippen LogP contribution in [0.4, 0.5) is 4.39 Å². The molecule has 44 heavy (non-hydrogen) atoms. The molecule has 2 aromatic carbocycles. The second-order valence-corrected chi connectivity index (χ2v) is 11.6. The third-order valence-corrected chi connectivity index (χ3v) is 8.51. The molecular weight excluding hydrogens is 619 g/mol. The van der Waals surface area contributed by atoms with Gasteiger partial charge in [-0.05, 0) is 17.5 Å². The fourth-order valence-corrected chi connectivity index (χ4v) is 6.14. The van der Waals surface area contributed by atoms with Crippen LogP contribution < -0.4 is 18.9 Å². The van der Waals surface area contributed by atoms with Crippen molar-refractivity contribution in [1.29, 1.82) is 0 Å². The Hall–Kier alpha value is -4.50. The molecule has 1 amide bonds. The average molecular weight is 649 g/mol. The molecule has 12 nitrogen and oxygen atoms in total. The monoisotopic (exact) mass is 648 g/mol. The number of nitrogens with zero attached hydrogens (tertiary/aromatic N) is 2. The average Bonchev–Trinajstić information content (AvgIpc) is 3.62. The molecule has 0 aliphatic heterocycles. The first-order chi connectivity index (χ1) is 21.0. The van der Waals surface area contributed by atoms with E-state index in [4.69, 9.17) is 29.2 Å². The standard InChI is InChI=1S/C29H29FN2O10S2/c1-32(8-7-24(36)37)29(38)22-12-15-11-18(17(39-2)13-20(15)43-22)41-9-4-10-42-27-19(40-3)14-21-26(25(27)30)31-28(44-21)16(33)5-6-23(34)35/h11-14H,4-10H2,1-3H3,(H,34,35)(H,36,37). The maximum absolute atomic E-state index is 15.3. The Morgan fingerprint density at radius 2 is 1.55 bits per heavy atom. The first-order valence-electron chi connectivity index (χ1n) is 13.3. The number of rotatable bonds is 16. The van der Waals surface area contributed by atoms with Crippen LogP contribution in [0.15, 0.2) is 24.3 Å². The largest absolute Gasteiger partial charge is 0.493 e. The maximum atomic E-state index is 15.3. The molecule has 0 saturated heterocycles. The van der Waals surface area contributed by atoms with E-state index in [9.17, 15) is 19.2 Å². The SMILES string of the molecule is COc1cc2sc(C(=O)N(C)CCC(=O)O)cc2cc1OCCCOc1c(OC)cc2sc(C(=O)CCC(=O)O)nc2c1F. The van der Waals surface area contributed by atoms with Crippen LogP contribution in [0.3, 0.4) is 0 Å². The number of thiazole rings is 1. The molecular formula is C29H29FN2O10S2. The highest BCUT2D eigenvalue weighted by atomic mass is 32.1. The number of carbonyl (C=O) groups is 4. The minimum Gasteiger partial charge on any atom is -0.493 e. The van der Waals surface area contributed by atoms with Crippen LogP contribution >= 0.6 is 22.7 Å². The van der Waals surface area contributed by atoms with E-state index in [1.807, 2.05) is 0 Å². The van der Waals surface area contributed by atoms with Gasteiger partial charge in [0.15, 0.2) is 39.6 Å². The fourth-order valence-electron chi connectivity index (χ4n) is 4.11. The van der Waals surface area contributed by atoms with Gasteiger partial charge in [0.05, 0.1) is 49.9 Å². The van der Waals surface area contributed by atoms with Gasteiger partial charge in [-0.1, -0.05) is 0 Å². The van der Waals surface area contributed by atoms with Gasteiger partial charge in [0.1, 0.15) is 5.52 Å². The summed E-state index contributed by atoms with van der Waals surface area (Å²) in [6, 6.07) is 6.72. The minimum atomic E-state index is -1.11. The van der Waals surface area contributed by atoms with E-state index in [0.29, 0.717) is 27.5 Å². The number of carbonyl (C=O) groups excluding carboxylic acids is 2. The Balaban J connectivity index is 1.40. The van der Waals surface area contributed by atoms with E-state index < -0.39 is 23.5 Å². The van der Waals surface area contributed by atoms with Gasteiger partial charge in [0.2, 0.25) is 0 Å². The molecule has 15 heteroatoms. The van der Waals surface area contributed by atoms with E-state index in [-0.39, 0.29) is 67.0 Å². The lowest BCUT2D eigenvalue weighted by molar-refractivity contribution is -0.138. The van der Waals surface area contributed by atoms with Crippen molar-refractivity contribution in [3.63, 3.8) is 0 Å². The number of hydrogen-bond donors (Lipinski definition) is 2. The maximum Gasteiger partial charge on any atom is 0.305 e. The normalized spacial score (nSPS) is 11.0. The van der Waals surface area contributed by atoms with Gasteiger partial charge in [-0.25, -0.2) is 9.37 Å². The first-order valence-corrected chi connectivity index (χ1v) is 14.9. The molecule has 4 rings (SSSR count). The van der Waals surface area contributed by atoms with Crippen LogP contribution in [0.1, 0.15) is 45.2 Å². The lowest BCUT2D eigenvalue weighted by atomic mass is 10.2. The summed E-state index contributed by atoms with van der Waals surface area (Å²) < 4.78 is 38.8. The number of amides is 1.